The third-order valence-electron chi connectivity index (χ3n) is 3.66. The van der Waals surface area contributed by atoms with E-state index in [4.69, 9.17) is 0 Å². The number of hydrogen-bond acceptors (Lipinski definition) is 4. The molecule has 3 rings (SSSR count). The zero-order valence-corrected chi connectivity index (χ0v) is 13.3. The van der Waals surface area contributed by atoms with Crippen molar-refractivity contribution in [2.45, 2.75) is 13.8 Å². The lowest BCUT2D eigenvalue weighted by Gasteiger charge is -2.10. The second-order valence-corrected chi connectivity index (χ2v) is 6.09. The third kappa shape index (κ3) is 2.42. The van der Waals surface area contributed by atoms with Crippen molar-refractivity contribution < 1.29 is 4.79 Å². The summed E-state index contributed by atoms with van der Waals surface area (Å²) in [4.78, 5) is 24.7. The van der Waals surface area contributed by atoms with Gasteiger partial charge in [-0.3, -0.25) is 9.59 Å². The van der Waals surface area contributed by atoms with Crippen LogP contribution in [-0.2, 0) is 7.05 Å². The quantitative estimate of drug-likeness (QED) is 0.791. The number of carbonyl (C=O) groups excluding carboxylic acids is 1. The summed E-state index contributed by atoms with van der Waals surface area (Å²) in [6.07, 6.45) is 0. The van der Waals surface area contributed by atoms with Crippen LogP contribution in [0.25, 0.3) is 10.1 Å². The maximum atomic E-state index is 12.5. The fourth-order valence-corrected chi connectivity index (χ4v) is 3.12. The number of carbonyl (C=O) groups is 1. The van der Waals surface area contributed by atoms with Crippen LogP contribution in [0.3, 0.4) is 0 Å². The van der Waals surface area contributed by atoms with Crippen LogP contribution in [-0.4, -0.2) is 15.7 Å². The summed E-state index contributed by atoms with van der Waals surface area (Å²) >= 11 is 1.65. The number of amides is 1. The molecule has 112 valence electrons. The van der Waals surface area contributed by atoms with Crippen LogP contribution in [0, 0.1) is 13.8 Å². The highest BCUT2D eigenvalue weighted by molar-refractivity contribution is 7.17. The molecular formula is C16H15N3O2S. The second-order valence-electron chi connectivity index (χ2n) is 5.14. The van der Waals surface area contributed by atoms with Crippen molar-refractivity contribution >= 4 is 33.0 Å². The first-order chi connectivity index (χ1) is 10.5. The Hall–Kier alpha value is -2.47. The zero-order valence-electron chi connectivity index (χ0n) is 12.5. The highest BCUT2D eigenvalue weighted by Crippen LogP contribution is 2.24. The van der Waals surface area contributed by atoms with Gasteiger partial charge in [0, 0.05) is 17.4 Å². The molecule has 0 saturated carbocycles. The molecule has 0 bridgehead atoms. The van der Waals surface area contributed by atoms with Crippen LogP contribution in [0.1, 0.15) is 21.6 Å². The van der Waals surface area contributed by atoms with Gasteiger partial charge in [0.15, 0.2) is 0 Å². The molecule has 1 amide bonds. The van der Waals surface area contributed by atoms with Crippen molar-refractivity contribution in [3.63, 3.8) is 0 Å². The second kappa shape index (κ2) is 5.38. The Kier molecular flexibility index (Phi) is 3.54. The molecule has 0 aliphatic rings. The summed E-state index contributed by atoms with van der Waals surface area (Å²) in [6.45, 7) is 3.52. The minimum Gasteiger partial charge on any atom is -0.322 e. The van der Waals surface area contributed by atoms with Crippen LogP contribution in [0.4, 0.5) is 5.69 Å². The molecule has 0 radical (unpaired) electrons. The summed E-state index contributed by atoms with van der Waals surface area (Å²) in [5.41, 5.74) is 1.70. The molecule has 22 heavy (non-hydrogen) atoms. The molecule has 2 heterocycles. The largest absolute Gasteiger partial charge is 0.322 e. The average molecular weight is 313 g/mol. The fraction of sp³-hybridized carbons (Fsp3) is 0.188. The van der Waals surface area contributed by atoms with Gasteiger partial charge in [-0.15, -0.1) is 11.3 Å². The maximum Gasteiger partial charge on any atom is 0.279 e. The topological polar surface area (TPSA) is 64.0 Å². The van der Waals surface area contributed by atoms with Crippen LogP contribution in [0.5, 0.6) is 0 Å². The van der Waals surface area contributed by atoms with E-state index in [-0.39, 0.29) is 5.56 Å². The third-order valence-corrected chi connectivity index (χ3v) is 4.56. The Morgan fingerprint density at radius 2 is 2.05 bits per heavy atom. The van der Waals surface area contributed by atoms with E-state index in [0.29, 0.717) is 16.9 Å². The number of aryl methyl sites for hydroxylation is 2. The van der Waals surface area contributed by atoms with Gasteiger partial charge in [0.25, 0.3) is 11.5 Å². The molecule has 0 saturated heterocycles. The van der Waals surface area contributed by atoms with E-state index >= 15 is 0 Å². The SMILES string of the molecule is Cc1nn(C)c(=O)c(C(=O)Nc2ccc3sccc3c2)c1C. The maximum absolute atomic E-state index is 12.5. The Morgan fingerprint density at radius 1 is 1.27 bits per heavy atom. The lowest BCUT2D eigenvalue weighted by Crippen LogP contribution is -2.31. The number of hydrogen-bond donors (Lipinski definition) is 1. The number of nitrogens with zero attached hydrogens (tertiary/aromatic N) is 2. The summed E-state index contributed by atoms with van der Waals surface area (Å²) in [6, 6.07) is 7.69. The van der Waals surface area contributed by atoms with E-state index in [2.05, 4.69) is 10.4 Å². The van der Waals surface area contributed by atoms with Crippen LogP contribution in [0.2, 0.25) is 0 Å². The molecule has 2 aromatic heterocycles. The standard InChI is InChI=1S/C16H15N3O2S/c1-9-10(2)18-19(3)16(21)14(9)15(20)17-12-4-5-13-11(8-12)6-7-22-13/h4-8H,1-3H3,(H,17,20). The molecule has 3 aromatic rings. The van der Waals surface area contributed by atoms with Gasteiger partial charge < -0.3 is 5.32 Å². The predicted molar refractivity (Wildman–Crippen MR) is 88.7 cm³/mol. The molecule has 0 fully saturated rings. The summed E-state index contributed by atoms with van der Waals surface area (Å²) in [5.74, 6) is -0.404. The van der Waals surface area contributed by atoms with Gasteiger partial charge in [0.2, 0.25) is 0 Å². The lowest BCUT2D eigenvalue weighted by atomic mass is 10.1. The minimum atomic E-state index is -0.404. The van der Waals surface area contributed by atoms with Crippen molar-refractivity contribution in [3.8, 4) is 0 Å². The predicted octanol–water partition coefficient (Wildman–Crippen LogP) is 2.86. The zero-order chi connectivity index (χ0) is 15.9. The van der Waals surface area contributed by atoms with E-state index in [1.54, 1.807) is 32.2 Å². The fourth-order valence-electron chi connectivity index (χ4n) is 2.35. The van der Waals surface area contributed by atoms with Crippen molar-refractivity contribution in [2.24, 2.45) is 7.05 Å². The van der Waals surface area contributed by atoms with E-state index in [0.717, 1.165) is 10.1 Å². The first-order valence-electron chi connectivity index (χ1n) is 6.80. The Labute approximate surface area is 131 Å². The van der Waals surface area contributed by atoms with E-state index < -0.39 is 11.5 Å². The first kappa shape index (κ1) is 14.5. The van der Waals surface area contributed by atoms with Gasteiger partial charge in [-0.1, -0.05) is 0 Å². The summed E-state index contributed by atoms with van der Waals surface area (Å²) in [5, 5.41) is 9.95. The number of rotatable bonds is 2. The Balaban J connectivity index is 1.99. The van der Waals surface area contributed by atoms with Crippen molar-refractivity contribution in [2.75, 3.05) is 5.32 Å². The first-order valence-corrected chi connectivity index (χ1v) is 7.68. The van der Waals surface area contributed by atoms with Crippen molar-refractivity contribution in [1.82, 2.24) is 9.78 Å². The number of benzene rings is 1. The normalized spacial score (nSPS) is 10.9. The molecule has 0 spiro atoms. The highest BCUT2D eigenvalue weighted by atomic mass is 32.1. The van der Waals surface area contributed by atoms with Crippen molar-refractivity contribution in [1.29, 1.82) is 0 Å². The molecule has 0 aliphatic heterocycles. The average Bonchev–Trinajstić information content (AvgIpc) is 2.93. The molecular weight excluding hydrogens is 298 g/mol. The summed E-state index contributed by atoms with van der Waals surface area (Å²) in [7, 11) is 1.54. The van der Waals surface area contributed by atoms with E-state index in [1.165, 1.54) is 4.68 Å². The number of nitrogens with one attached hydrogen (secondary N) is 1. The monoisotopic (exact) mass is 313 g/mol. The van der Waals surface area contributed by atoms with Gasteiger partial charge >= 0.3 is 0 Å². The van der Waals surface area contributed by atoms with Gasteiger partial charge in [-0.25, -0.2) is 4.68 Å². The van der Waals surface area contributed by atoms with E-state index in [1.807, 2.05) is 29.6 Å². The number of thiophene rings is 1. The van der Waals surface area contributed by atoms with Gasteiger partial charge in [-0.2, -0.15) is 5.10 Å². The molecule has 6 heteroatoms. The molecule has 1 aromatic carbocycles. The number of fused-ring (bicyclic) bond motifs is 1. The smallest absolute Gasteiger partial charge is 0.279 e. The van der Waals surface area contributed by atoms with Crippen molar-refractivity contribution in [3.05, 3.63) is 56.8 Å². The van der Waals surface area contributed by atoms with Crippen LogP contribution >= 0.6 is 11.3 Å². The Bertz CT molecular complexity index is 940. The highest BCUT2D eigenvalue weighted by Gasteiger charge is 2.18. The molecule has 0 atom stereocenters. The van der Waals surface area contributed by atoms with Crippen LogP contribution in [0.15, 0.2) is 34.4 Å². The van der Waals surface area contributed by atoms with Gasteiger partial charge in [0.05, 0.1) is 5.69 Å². The summed E-state index contributed by atoms with van der Waals surface area (Å²) < 4.78 is 2.35. The van der Waals surface area contributed by atoms with E-state index in [9.17, 15) is 9.59 Å². The van der Waals surface area contributed by atoms with Crippen LogP contribution < -0.4 is 10.9 Å². The number of aromatic nitrogens is 2. The van der Waals surface area contributed by atoms with Gasteiger partial charge in [0.1, 0.15) is 5.56 Å². The Morgan fingerprint density at radius 3 is 2.82 bits per heavy atom. The lowest BCUT2D eigenvalue weighted by molar-refractivity contribution is 0.102. The molecule has 5 nitrogen and oxygen atoms in total. The molecule has 0 aliphatic carbocycles. The molecule has 1 N–H and O–H groups in total. The minimum absolute atomic E-state index is 0.139. The number of anilines is 1. The van der Waals surface area contributed by atoms with Gasteiger partial charge in [-0.05, 0) is 54.4 Å². The molecule has 0 unspecified atom stereocenters.